The molecule has 172 valence electrons. The molecule has 0 spiro atoms. The first-order valence-corrected chi connectivity index (χ1v) is 12.8. The third-order valence-corrected chi connectivity index (χ3v) is 8.87. The lowest BCUT2D eigenvalue weighted by Gasteiger charge is -2.32. The molecule has 4 rings (SSSR count). The maximum atomic E-state index is 13.6. The number of hydrogen-bond donors (Lipinski definition) is 1. The van der Waals surface area contributed by atoms with Gasteiger partial charge in [0.25, 0.3) is 10.0 Å². The number of nitrogens with zero attached hydrogens (tertiary/aromatic N) is 1. The highest BCUT2D eigenvalue weighted by Gasteiger charge is 2.43. The van der Waals surface area contributed by atoms with Crippen molar-refractivity contribution in [2.24, 2.45) is 5.92 Å². The Balaban J connectivity index is 1.66. The molecule has 2 atom stereocenters. The van der Waals surface area contributed by atoms with Crippen LogP contribution in [0.3, 0.4) is 0 Å². The molecule has 0 saturated heterocycles. The largest absolute Gasteiger partial charge is 0.481 e. The van der Waals surface area contributed by atoms with Gasteiger partial charge in [0.1, 0.15) is 5.83 Å². The quantitative estimate of drug-likeness (QED) is 0.484. The van der Waals surface area contributed by atoms with Crippen molar-refractivity contribution < 1.29 is 22.7 Å². The molecule has 2 unspecified atom stereocenters. The summed E-state index contributed by atoms with van der Waals surface area (Å²) in [6, 6.07) is -0.319. The molecular formula is C23H24Cl2FNO4S. The number of allylic oxidation sites excluding steroid dienone is 8. The molecule has 0 aromatic heterocycles. The van der Waals surface area contributed by atoms with E-state index in [-0.39, 0.29) is 42.0 Å². The van der Waals surface area contributed by atoms with E-state index in [1.54, 1.807) is 18.4 Å². The van der Waals surface area contributed by atoms with Crippen LogP contribution in [0.1, 0.15) is 51.4 Å². The zero-order chi connectivity index (χ0) is 23.0. The highest BCUT2D eigenvalue weighted by atomic mass is 35.5. The average molecular weight is 500 g/mol. The average Bonchev–Trinajstić information content (AvgIpc) is 3.11. The number of carboxylic acid groups (broad SMARTS) is 1. The predicted octanol–water partition coefficient (Wildman–Crippen LogP) is 6.03. The molecule has 5 nitrogen and oxygen atoms in total. The van der Waals surface area contributed by atoms with Crippen LogP contribution in [-0.2, 0) is 14.8 Å². The molecule has 1 N–H and O–H groups in total. The van der Waals surface area contributed by atoms with Gasteiger partial charge in [-0.3, -0.25) is 9.10 Å². The van der Waals surface area contributed by atoms with Crippen LogP contribution in [0.5, 0.6) is 0 Å². The van der Waals surface area contributed by atoms with Gasteiger partial charge in [-0.05, 0) is 67.4 Å². The van der Waals surface area contributed by atoms with Crippen molar-refractivity contribution in [3.8, 4) is 0 Å². The second kappa shape index (κ2) is 9.20. The summed E-state index contributed by atoms with van der Waals surface area (Å²) in [6.07, 6.45) is 11.2. The van der Waals surface area contributed by atoms with Gasteiger partial charge in [-0.1, -0.05) is 35.4 Å². The van der Waals surface area contributed by atoms with E-state index < -0.39 is 16.0 Å². The van der Waals surface area contributed by atoms with Crippen LogP contribution in [0.15, 0.2) is 68.0 Å². The van der Waals surface area contributed by atoms with Crippen LogP contribution in [0.2, 0.25) is 0 Å². The topological polar surface area (TPSA) is 74.7 Å². The summed E-state index contributed by atoms with van der Waals surface area (Å²) < 4.78 is 42.2. The predicted molar refractivity (Wildman–Crippen MR) is 123 cm³/mol. The fourth-order valence-electron chi connectivity index (χ4n) is 4.79. The lowest BCUT2D eigenvalue weighted by Crippen LogP contribution is -2.38. The van der Waals surface area contributed by atoms with E-state index in [0.29, 0.717) is 42.2 Å². The number of fused-ring (bicyclic) bond motifs is 1. The van der Waals surface area contributed by atoms with Crippen molar-refractivity contribution >= 4 is 39.2 Å². The Kier molecular flexibility index (Phi) is 6.71. The van der Waals surface area contributed by atoms with Crippen molar-refractivity contribution in [2.45, 2.75) is 57.4 Å². The lowest BCUT2D eigenvalue weighted by atomic mass is 9.84. The number of carbonyl (C=O) groups is 1. The Morgan fingerprint density at radius 2 is 1.97 bits per heavy atom. The molecule has 3 aliphatic carbocycles. The second-order valence-corrected chi connectivity index (χ2v) is 11.2. The normalized spacial score (nSPS) is 26.1. The summed E-state index contributed by atoms with van der Waals surface area (Å²) in [6.45, 7) is 0. The number of rotatable bonds is 6. The minimum Gasteiger partial charge on any atom is -0.481 e. The van der Waals surface area contributed by atoms with Crippen LogP contribution in [0, 0.1) is 5.92 Å². The molecule has 4 aliphatic rings. The van der Waals surface area contributed by atoms with E-state index in [1.807, 2.05) is 6.08 Å². The van der Waals surface area contributed by atoms with Crippen molar-refractivity contribution in [3.63, 3.8) is 0 Å². The van der Waals surface area contributed by atoms with Gasteiger partial charge >= 0.3 is 5.97 Å². The highest BCUT2D eigenvalue weighted by molar-refractivity contribution is 7.93. The van der Waals surface area contributed by atoms with Crippen molar-refractivity contribution in [1.82, 2.24) is 4.31 Å². The third-order valence-electron chi connectivity index (χ3n) is 6.41. The molecule has 0 amide bonds. The molecule has 1 aliphatic heterocycles. The van der Waals surface area contributed by atoms with Crippen molar-refractivity contribution in [1.29, 1.82) is 0 Å². The number of hydrogen-bond acceptors (Lipinski definition) is 3. The van der Waals surface area contributed by atoms with Crippen molar-refractivity contribution in [2.75, 3.05) is 0 Å². The number of aliphatic carboxylic acids is 1. The summed E-state index contributed by atoms with van der Waals surface area (Å²) >= 11 is 12.5. The highest BCUT2D eigenvalue weighted by Crippen LogP contribution is 2.44. The summed E-state index contributed by atoms with van der Waals surface area (Å²) in [5.74, 6) is -1.32. The summed E-state index contributed by atoms with van der Waals surface area (Å²) in [5.41, 5.74) is 2.40. The molecule has 0 saturated carbocycles. The standard InChI is InChI=1S/C23H24Cl2FNO4S/c24-16-5-8-22-20(11-16)15(4-9-23(28)29)13-27(22)32(30,31)18-3-1-2-14(10-18)19-7-6-17(26)12-21(19)25/h3,5,10,12-13,20,22H,1-2,4,6-9,11H2,(H,28,29). The van der Waals surface area contributed by atoms with E-state index in [0.717, 1.165) is 16.7 Å². The summed E-state index contributed by atoms with van der Waals surface area (Å²) in [4.78, 5) is 11.3. The van der Waals surface area contributed by atoms with E-state index in [9.17, 15) is 17.6 Å². The van der Waals surface area contributed by atoms with Crippen LogP contribution in [-0.4, -0.2) is 29.8 Å². The molecular weight excluding hydrogens is 476 g/mol. The Morgan fingerprint density at radius 1 is 1.19 bits per heavy atom. The first kappa shape index (κ1) is 23.3. The molecule has 0 aromatic rings. The molecule has 9 heteroatoms. The van der Waals surface area contributed by atoms with Crippen LogP contribution >= 0.6 is 23.2 Å². The van der Waals surface area contributed by atoms with E-state index in [2.05, 4.69) is 0 Å². The van der Waals surface area contributed by atoms with E-state index >= 15 is 0 Å². The second-order valence-electron chi connectivity index (χ2n) is 8.43. The maximum absolute atomic E-state index is 13.6. The number of halogens is 3. The first-order chi connectivity index (χ1) is 15.2. The molecule has 32 heavy (non-hydrogen) atoms. The summed E-state index contributed by atoms with van der Waals surface area (Å²) in [7, 11) is -3.85. The lowest BCUT2D eigenvalue weighted by molar-refractivity contribution is -0.136. The smallest absolute Gasteiger partial charge is 0.303 e. The minimum absolute atomic E-state index is 0.0618. The van der Waals surface area contributed by atoms with Gasteiger partial charge in [-0.2, -0.15) is 0 Å². The van der Waals surface area contributed by atoms with E-state index in [4.69, 9.17) is 28.3 Å². The van der Waals surface area contributed by atoms with E-state index in [1.165, 1.54) is 10.4 Å². The molecule has 0 radical (unpaired) electrons. The Bertz CT molecular complexity index is 1130. The number of sulfonamides is 1. The van der Waals surface area contributed by atoms with Crippen LogP contribution in [0.4, 0.5) is 4.39 Å². The Morgan fingerprint density at radius 3 is 2.69 bits per heavy atom. The maximum Gasteiger partial charge on any atom is 0.303 e. The third kappa shape index (κ3) is 4.61. The van der Waals surface area contributed by atoms with Gasteiger partial charge in [0.15, 0.2) is 0 Å². The zero-order valence-corrected chi connectivity index (χ0v) is 19.7. The monoisotopic (exact) mass is 499 g/mol. The van der Waals surface area contributed by atoms with Gasteiger partial charge in [0, 0.05) is 35.0 Å². The molecule has 0 bridgehead atoms. The van der Waals surface area contributed by atoms with Gasteiger partial charge in [-0.25, -0.2) is 12.8 Å². The van der Waals surface area contributed by atoms with Gasteiger partial charge in [0.2, 0.25) is 0 Å². The molecule has 0 fully saturated rings. The van der Waals surface area contributed by atoms with Crippen LogP contribution in [0.25, 0.3) is 0 Å². The first-order valence-electron chi connectivity index (χ1n) is 10.6. The Labute approximate surface area is 197 Å². The van der Waals surface area contributed by atoms with Crippen molar-refractivity contribution in [3.05, 3.63) is 68.0 Å². The zero-order valence-electron chi connectivity index (χ0n) is 17.4. The fourth-order valence-corrected chi connectivity index (χ4v) is 7.11. The van der Waals surface area contributed by atoms with Gasteiger partial charge in [0.05, 0.1) is 10.9 Å². The minimum atomic E-state index is -3.85. The SMILES string of the molecule is O=C(O)CCC1=CN(S(=O)(=O)C2=CCCC(C3=C(Cl)C=C(F)CC3)=C2)C2CC=C(Cl)CC12. The van der Waals surface area contributed by atoms with Crippen LogP contribution < -0.4 is 0 Å². The Hall–Kier alpha value is -1.83. The molecule has 1 heterocycles. The number of carboxylic acids is 1. The summed E-state index contributed by atoms with van der Waals surface area (Å²) in [5, 5.41) is 10.1. The van der Waals surface area contributed by atoms with Gasteiger partial charge < -0.3 is 5.11 Å². The fraction of sp³-hybridized carbons (Fsp3) is 0.435. The van der Waals surface area contributed by atoms with Gasteiger partial charge in [-0.15, -0.1) is 0 Å². The molecule has 0 aromatic carbocycles.